The molecule has 0 amide bonds. The Hall–Kier alpha value is -1.31. The van der Waals surface area contributed by atoms with E-state index in [1.165, 1.54) is 0 Å². The molecule has 0 unspecified atom stereocenters. The smallest absolute Gasteiger partial charge is 0.310 e. The van der Waals surface area contributed by atoms with Crippen LogP contribution >= 0.6 is 0 Å². The van der Waals surface area contributed by atoms with Crippen molar-refractivity contribution in [3.63, 3.8) is 0 Å². The summed E-state index contributed by atoms with van der Waals surface area (Å²) in [7, 11) is 0. The van der Waals surface area contributed by atoms with Crippen LogP contribution in [0.3, 0.4) is 0 Å². The van der Waals surface area contributed by atoms with Crippen LogP contribution in [0.25, 0.3) is 0 Å². The Labute approximate surface area is 71.8 Å². The average Bonchev–Trinajstić information content (AvgIpc) is 2.04. The lowest BCUT2D eigenvalue weighted by atomic mass is 9.97. The van der Waals surface area contributed by atoms with Crippen LogP contribution in [0, 0.1) is 6.92 Å². The van der Waals surface area contributed by atoms with E-state index in [-0.39, 0.29) is 0 Å². The van der Waals surface area contributed by atoms with Crippen LogP contribution < -0.4 is 0 Å². The van der Waals surface area contributed by atoms with Crippen LogP contribution in [0.2, 0.25) is 0 Å². The molecule has 1 atom stereocenters. The highest BCUT2D eigenvalue weighted by atomic mass is 16.4. The van der Waals surface area contributed by atoms with Crippen molar-refractivity contribution < 1.29 is 9.90 Å². The highest BCUT2D eigenvalue weighted by Crippen LogP contribution is 2.18. The topological polar surface area (TPSA) is 37.3 Å². The first-order valence-corrected chi connectivity index (χ1v) is 3.91. The molecule has 0 aliphatic carbocycles. The number of benzene rings is 1. The lowest BCUT2D eigenvalue weighted by molar-refractivity contribution is -0.138. The van der Waals surface area contributed by atoms with Crippen LogP contribution in [0.15, 0.2) is 24.3 Å². The number of hydrogen-bond acceptors (Lipinski definition) is 1. The zero-order chi connectivity index (χ0) is 9.14. The SMILES string of the molecule is Cc1ccccc1[C@H](C)C(=O)O. The Morgan fingerprint density at radius 2 is 2.00 bits per heavy atom. The van der Waals surface area contributed by atoms with Crippen LogP contribution in [0.1, 0.15) is 24.0 Å². The fraction of sp³-hybridized carbons (Fsp3) is 0.300. The van der Waals surface area contributed by atoms with E-state index < -0.39 is 11.9 Å². The minimum absolute atomic E-state index is 0.411. The summed E-state index contributed by atoms with van der Waals surface area (Å²) < 4.78 is 0. The highest BCUT2D eigenvalue weighted by Gasteiger charge is 2.14. The molecule has 0 saturated carbocycles. The largest absolute Gasteiger partial charge is 0.481 e. The third kappa shape index (κ3) is 1.64. The summed E-state index contributed by atoms with van der Waals surface area (Å²) in [6.07, 6.45) is 0. The summed E-state index contributed by atoms with van der Waals surface area (Å²) >= 11 is 0. The van der Waals surface area contributed by atoms with E-state index in [4.69, 9.17) is 5.11 Å². The van der Waals surface area contributed by atoms with Crippen molar-refractivity contribution in [2.24, 2.45) is 0 Å². The zero-order valence-electron chi connectivity index (χ0n) is 7.24. The van der Waals surface area contributed by atoms with E-state index in [0.29, 0.717) is 0 Å². The molecule has 0 fully saturated rings. The Kier molecular flexibility index (Phi) is 2.48. The number of aryl methyl sites for hydroxylation is 1. The van der Waals surface area contributed by atoms with Gasteiger partial charge >= 0.3 is 5.97 Å². The second kappa shape index (κ2) is 3.39. The minimum Gasteiger partial charge on any atom is -0.481 e. The molecule has 1 aromatic rings. The maximum Gasteiger partial charge on any atom is 0.310 e. The molecule has 1 aromatic carbocycles. The van der Waals surface area contributed by atoms with E-state index in [9.17, 15) is 4.79 Å². The molecule has 0 heterocycles. The fourth-order valence-electron chi connectivity index (χ4n) is 1.21. The normalized spacial score (nSPS) is 12.5. The Bertz CT molecular complexity index is 292. The molecule has 2 nitrogen and oxygen atoms in total. The van der Waals surface area contributed by atoms with Gasteiger partial charge in [-0.05, 0) is 25.0 Å². The molecule has 1 N–H and O–H groups in total. The van der Waals surface area contributed by atoms with Crippen LogP contribution in [-0.2, 0) is 4.79 Å². The van der Waals surface area contributed by atoms with Gasteiger partial charge in [-0.15, -0.1) is 0 Å². The number of hydrogen-bond donors (Lipinski definition) is 1. The first-order chi connectivity index (χ1) is 5.63. The fourth-order valence-corrected chi connectivity index (χ4v) is 1.21. The van der Waals surface area contributed by atoms with Gasteiger partial charge < -0.3 is 5.11 Å². The second-order valence-electron chi connectivity index (χ2n) is 2.92. The van der Waals surface area contributed by atoms with E-state index in [0.717, 1.165) is 11.1 Å². The molecule has 0 radical (unpaired) electrons. The summed E-state index contributed by atoms with van der Waals surface area (Å²) in [6, 6.07) is 7.55. The number of aliphatic carboxylic acids is 1. The zero-order valence-corrected chi connectivity index (χ0v) is 7.24. The summed E-state index contributed by atoms with van der Waals surface area (Å²) in [5, 5.41) is 8.76. The molecule has 0 bridgehead atoms. The van der Waals surface area contributed by atoms with E-state index in [1.807, 2.05) is 31.2 Å². The molecule has 0 aromatic heterocycles. The van der Waals surface area contributed by atoms with Gasteiger partial charge in [0.1, 0.15) is 0 Å². The molecule has 0 aliphatic rings. The van der Waals surface area contributed by atoms with Crippen molar-refractivity contribution >= 4 is 5.97 Å². The van der Waals surface area contributed by atoms with Crippen LogP contribution in [0.5, 0.6) is 0 Å². The molecular formula is C10H12O2. The van der Waals surface area contributed by atoms with E-state index >= 15 is 0 Å². The van der Waals surface area contributed by atoms with Crippen LogP contribution in [0.4, 0.5) is 0 Å². The second-order valence-corrected chi connectivity index (χ2v) is 2.92. The van der Waals surface area contributed by atoms with Gasteiger partial charge in [-0.25, -0.2) is 0 Å². The Balaban J connectivity index is 3.02. The van der Waals surface area contributed by atoms with Gasteiger partial charge in [0.2, 0.25) is 0 Å². The van der Waals surface area contributed by atoms with E-state index in [1.54, 1.807) is 6.92 Å². The number of carboxylic acids is 1. The number of carboxylic acid groups (broad SMARTS) is 1. The number of rotatable bonds is 2. The molecule has 2 heteroatoms. The first-order valence-electron chi connectivity index (χ1n) is 3.91. The van der Waals surface area contributed by atoms with Gasteiger partial charge in [-0.3, -0.25) is 4.79 Å². The maximum atomic E-state index is 10.7. The summed E-state index contributed by atoms with van der Waals surface area (Å²) in [5.74, 6) is -1.18. The van der Waals surface area contributed by atoms with Crippen LogP contribution in [-0.4, -0.2) is 11.1 Å². The minimum atomic E-state index is -0.774. The lowest BCUT2D eigenvalue weighted by Gasteiger charge is -2.08. The predicted molar refractivity (Wildman–Crippen MR) is 47.2 cm³/mol. The first kappa shape index (κ1) is 8.78. The van der Waals surface area contributed by atoms with Gasteiger partial charge in [-0.1, -0.05) is 24.3 Å². The van der Waals surface area contributed by atoms with Gasteiger partial charge in [0, 0.05) is 0 Å². The van der Waals surface area contributed by atoms with Crippen molar-refractivity contribution in [3.8, 4) is 0 Å². The molecule has 0 spiro atoms. The molecular weight excluding hydrogens is 152 g/mol. The third-order valence-electron chi connectivity index (χ3n) is 2.03. The van der Waals surface area contributed by atoms with Crippen molar-refractivity contribution in [3.05, 3.63) is 35.4 Å². The lowest BCUT2D eigenvalue weighted by Crippen LogP contribution is -2.08. The van der Waals surface area contributed by atoms with Crippen molar-refractivity contribution in [2.75, 3.05) is 0 Å². The summed E-state index contributed by atoms with van der Waals surface area (Å²) in [6.45, 7) is 3.62. The van der Waals surface area contributed by atoms with Gasteiger partial charge in [0.05, 0.1) is 5.92 Å². The predicted octanol–water partition coefficient (Wildman–Crippen LogP) is 2.18. The summed E-state index contributed by atoms with van der Waals surface area (Å²) in [5.41, 5.74) is 1.93. The quantitative estimate of drug-likeness (QED) is 0.727. The van der Waals surface area contributed by atoms with Crippen molar-refractivity contribution in [1.29, 1.82) is 0 Å². The Morgan fingerprint density at radius 1 is 1.42 bits per heavy atom. The molecule has 12 heavy (non-hydrogen) atoms. The monoisotopic (exact) mass is 164 g/mol. The number of carbonyl (C=O) groups is 1. The van der Waals surface area contributed by atoms with Crippen molar-refractivity contribution in [1.82, 2.24) is 0 Å². The molecule has 64 valence electrons. The summed E-state index contributed by atoms with van der Waals surface area (Å²) in [4.78, 5) is 10.7. The van der Waals surface area contributed by atoms with Gasteiger partial charge in [0.15, 0.2) is 0 Å². The maximum absolute atomic E-state index is 10.7. The average molecular weight is 164 g/mol. The molecule has 1 rings (SSSR count). The molecule has 0 aliphatic heterocycles. The van der Waals surface area contributed by atoms with E-state index in [2.05, 4.69) is 0 Å². The Morgan fingerprint density at radius 3 is 2.50 bits per heavy atom. The molecule has 0 saturated heterocycles. The standard InChI is InChI=1S/C10H12O2/c1-7-5-3-4-6-9(7)8(2)10(11)12/h3-6,8H,1-2H3,(H,11,12)/t8-/m0/s1. The van der Waals surface area contributed by atoms with Gasteiger partial charge in [0.25, 0.3) is 0 Å². The highest BCUT2D eigenvalue weighted by molar-refractivity contribution is 5.76. The third-order valence-corrected chi connectivity index (χ3v) is 2.03. The van der Waals surface area contributed by atoms with Crippen molar-refractivity contribution in [2.45, 2.75) is 19.8 Å². The van der Waals surface area contributed by atoms with Gasteiger partial charge in [-0.2, -0.15) is 0 Å².